The second-order valence-corrected chi connectivity index (χ2v) is 20.2. The summed E-state index contributed by atoms with van der Waals surface area (Å²) in [7, 11) is 1.92. The number of imide groups is 1. The maximum atomic E-state index is 15.1. The quantitative estimate of drug-likeness (QED) is 0.0358. The second-order valence-electron chi connectivity index (χ2n) is 18.9. The monoisotopic (exact) mass is 1070 g/mol. The van der Waals surface area contributed by atoms with Gasteiger partial charge in [-0.3, -0.25) is 33.7 Å². The smallest absolute Gasteiger partial charge is 0.248 e. The highest BCUT2D eigenvalue weighted by Crippen LogP contribution is 2.39. The molecule has 1 unspecified atom stereocenters. The lowest BCUT2D eigenvalue weighted by Gasteiger charge is -2.40. The number of likely N-dealkylation sites (tertiary alicyclic amines) is 1. The number of rotatable bonds is 37. The van der Waals surface area contributed by atoms with E-state index in [9.17, 15) is 38.3 Å². The van der Waals surface area contributed by atoms with E-state index in [0.717, 1.165) is 54.5 Å². The Labute approximate surface area is 442 Å². The number of aromatic nitrogens is 2. The molecular formula is C52H77F2N9O11S. The summed E-state index contributed by atoms with van der Waals surface area (Å²) in [5.41, 5.74) is 6.51. The average Bonchev–Trinajstić information content (AvgIpc) is 3.90. The number of benzene rings is 2. The predicted octanol–water partition coefficient (Wildman–Crippen LogP) is 2.56. The van der Waals surface area contributed by atoms with E-state index in [1.807, 2.05) is 58.2 Å². The first-order chi connectivity index (χ1) is 36.0. The zero-order valence-electron chi connectivity index (χ0n) is 43.8. The zero-order chi connectivity index (χ0) is 54.6. The number of nitrogens with zero attached hydrogens (tertiary/aromatic N) is 4. The first-order valence-corrected chi connectivity index (χ1v) is 26.5. The molecule has 3 aromatic rings. The standard InChI is InChI=1S/C52H77F2N9O11S/c1-52(2,3)48(49-60-42(39-31-38(53)13-14-40(39)54)34-61(49)33-37-11-7-5-8-12-37)62(47(68)36-64)21-15-41(55)50(69)59-20-19-58-45(66)35-63-46(67)32-43(51(63)70)75-30-29-74-28-27-73-26-25-72-24-23-71-22-16-44(65)57-18-10-6-9-17-56-4/h5,7-8,11-14,31,34,41,43,48,56,64H,6,9-10,15-30,32-33,35-36,55H2,1-4H3,(H,57,65)(H,58,66)(H,59,69)/t41-,43?,48-/m0/s1. The minimum atomic E-state index is -1.13. The summed E-state index contributed by atoms with van der Waals surface area (Å²) in [4.78, 5) is 84.0. The number of unbranched alkanes of at least 4 members (excludes halogenated alkanes) is 2. The number of halogens is 2. The van der Waals surface area contributed by atoms with Crippen molar-refractivity contribution >= 4 is 47.2 Å². The van der Waals surface area contributed by atoms with Crippen LogP contribution in [0.2, 0.25) is 0 Å². The van der Waals surface area contributed by atoms with E-state index in [2.05, 4.69) is 21.3 Å². The van der Waals surface area contributed by atoms with Crippen molar-refractivity contribution in [1.29, 1.82) is 0 Å². The van der Waals surface area contributed by atoms with Crippen molar-refractivity contribution in [3.8, 4) is 11.3 Å². The average molecular weight is 1070 g/mol. The number of amides is 6. The lowest BCUT2D eigenvalue weighted by molar-refractivity contribution is -0.142. The van der Waals surface area contributed by atoms with Crippen LogP contribution >= 0.6 is 11.8 Å². The minimum Gasteiger partial charge on any atom is -0.387 e. The Morgan fingerprint density at radius 3 is 2.16 bits per heavy atom. The van der Waals surface area contributed by atoms with E-state index in [1.54, 1.807) is 10.8 Å². The Morgan fingerprint density at radius 1 is 0.853 bits per heavy atom. The predicted molar refractivity (Wildman–Crippen MR) is 279 cm³/mol. The van der Waals surface area contributed by atoms with Gasteiger partial charge < -0.3 is 60.5 Å². The van der Waals surface area contributed by atoms with Gasteiger partial charge in [0, 0.05) is 63.1 Å². The van der Waals surface area contributed by atoms with Gasteiger partial charge in [-0.15, -0.1) is 11.8 Å². The summed E-state index contributed by atoms with van der Waals surface area (Å²) in [5, 5.41) is 20.7. The number of nitrogens with two attached hydrogens (primary N) is 1. The Kier molecular flexibility index (Phi) is 27.8. The lowest BCUT2D eigenvalue weighted by Crippen LogP contribution is -2.48. The molecule has 1 aliphatic rings. The number of nitrogens with one attached hydrogen (secondary N) is 4. The van der Waals surface area contributed by atoms with Crippen LogP contribution in [0.15, 0.2) is 54.7 Å². The van der Waals surface area contributed by atoms with Gasteiger partial charge in [-0.1, -0.05) is 57.5 Å². The van der Waals surface area contributed by atoms with Gasteiger partial charge in [0.15, 0.2) is 0 Å². The van der Waals surface area contributed by atoms with Gasteiger partial charge in [0.25, 0.3) is 0 Å². The van der Waals surface area contributed by atoms with Crippen LogP contribution in [0.3, 0.4) is 0 Å². The number of aliphatic hydroxyl groups excluding tert-OH is 1. The fourth-order valence-corrected chi connectivity index (χ4v) is 9.06. The highest BCUT2D eigenvalue weighted by Gasteiger charge is 2.40. The van der Waals surface area contributed by atoms with Crippen LogP contribution in [0.4, 0.5) is 8.78 Å². The third-order valence-electron chi connectivity index (χ3n) is 11.9. The summed E-state index contributed by atoms with van der Waals surface area (Å²) >= 11 is 1.27. The van der Waals surface area contributed by atoms with E-state index >= 15 is 4.39 Å². The third kappa shape index (κ3) is 22.0. The van der Waals surface area contributed by atoms with Gasteiger partial charge in [0.05, 0.1) is 75.9 Å². The molecule has 7 N–H and O–H groups in total. The minimum absolute atomic E-state index is 0.0221. The van der Waals surface area contributed by atoms with Crippen molar-refractivity contribution in [2.45, 2.75) is 83.2 Å². The number of carbonyl (C=O) groups is 6. The van der Waals surface area contributed by atoms with Crippen molar-refractivity contribution in [2.75, 3.05) is 112 Å². The van der Waals surface area contributed by atoms with E-state index in [1.165, 1.54) is 16.7 Å². The maximum Gasteiger partial charge on any atom is 0.248 e. The van der Waals surface area contributed by atoms with Gasteiger partial charge in [0.1, 0.15) is 30.6 Å². The lowest BCUT2D eigenvalue weighted by atomic mass is 9.84. The zero-order valence-corrected chi connectivity index (χ0v) is 44.6. The molecule has 0 aliphatic carbocycles. The molecule has 1 saturated heterocycles. The van der Waals surface area contributed by atoms with Crippen LogP contribution in [0.5, 0.6) is 0 Å². The molecule has 1 aromatic heterocycles. The van der Waals surface area contributed by atoms with Gasteiger partial charge >= 0.3 is 0 Å². The van der Waals surface area contributed by atoms with Crippen LogP contribution < -0.4 is 27.0 Å². The molecule has 4 rings (SSSR count). The Bertz CT molecular complexity index is 2260. The molecule has 1 fully saturated rings. The van der Waals surface area contributed by atoms with E-state index < -0.39 is 77.1 Å². The van der Waals surface area contributed by atoms with E-state index in [4.69, 9.17) is 29.7 Å². The fourth-order valence-electron chi connectivity index (χ4n) is 8.03. The van der Waals surface area contributed by atoms with E-state index in [-0.39, 0.29) is 56.2 Å². The first-order valence-electron chi connectivity index (χ1n) is 25.5. The van der Waals surface area contributed by atoms with Crippen LogP contribution in [-0.4, -0.2) is 183 Å². The van der Waals surface area contributed by atoms with Crippen molar-refractivity contribution in [3.63, 3.8) is 0 Å². The van der Waals surface area contributed by atoms with Crippen molar-refractivity contribution in [3.05, 3.63) is 77.8 Å². The Hall–Kier alpha value is -5.40. The molecule has 0 radical (unpaired) electrons. The normalized spacial score (nSPS) is 14.5. The molecule has 0 spiro atoms. The number of carbonyl (C=O) groups excluding carboxylic acids is 6. The maximum absolute atomic E-state index is 15.1. The summed E-state index contributed by atoms with van der Waals surface area (Å²) in [5.74, 6) is -3.36. The SMILES string of the molecule is CNCCCCCNC(=O)CCOCCOCCOCCOCCSC1CC(=O)N(CC(=O)NCCNC(=O)[C@@H](N)CCN(C(=O)CO)[C@@H](c2nc(-c3cc(F)ccc3F)cn2Cc2ccccc2)C(C)(C)C)C1=O. The fraction of sp³-hybridized carbons (Fsp3) is 0.596. The van der Waals surface area contributed by atoms with Gasteiger partial charge in [-0.05, 0) is 62.0 Å². The van der Waals surface area contributed by atoms with E-state index in [0.29, 0.717) is 77.4 Å². The van der Waals surface area contributed by atoms with Crippen molar-refractivity contribution in [1.82, 2.24) is 40.6 Å². The highest BCUT2D eigenvalue weighted by atomic mass is 32.2. The summed E-state index contributed by atoms with van der Waals surface area (Å²) in [6.07, 6.45) is 4.93. The number of hydrogen-bond donors (Lipinski definition) is 6. The van der Waals surface area contributed by atoms with Gasteiger partial charge in [-0.25, -0.2) is 13.8 Å². The van der Waals surface area contributed by atoms with Crippen LogP contribution in [0, 0.1) is 17.0 Å². The second kappa shape index (κ2) is 33.6. The topological polar surface area (TPSA) is 258 Å². The highest BCUT2D eigenvalue weighted by molar-refractivity contribution is 8.00. The molecule has 6 amide bonds. The number of ether oxygens (including phenoxy) is 4. The first kappa shape index (κ1) is 62.1. The molecular weight excluding hydrogens is 997 g/mol. The molecule has 20 nitrogen and oxygen atoms in total. The van der Waals surface area contributed by atoms with Crippen LogP contribution in [0.1, 0.15) is 76.7 Å². The number of aliphatic hydroxyl groups is 1. The van der Waals surface area contributed by atoms with Gasteiger partial charge in [-0.2, -0.15) is 0 Å². The number of thioether (sulfide) groups is 1. The third-order valence-corrected chi connectivity index (χ3v) is 13.0. The number of hydrogen-bond acceptors (Lipinski definition) is 15. The van der Waals surface area contributed by atoms with Crippen molar-refractivity contribution in [2.24, 2.45) is 11.1 Å². The molecule has 3 atom stereocenters. The molecule has 0 bridgehead atoms. The molecule has 75 heavy (non-hydrogen) atoms. The van der Waals surface area contributed by atoms with Crippen LogP contribution in [0.25, 0.3) is 11.3 Å². The molecule has 416 valence electrons. The Morgan fingerprint density at radius 2 is 1.49 bits per heavy atom. The number of imidazole rings is 1. The van der Waals surface area contributed by atoms with Gasteiger partial charge in [0.2, 0.25) is 35.4 Å². The summed E-state index contributed by atoms with van der Waals surface area (Å²) in [6, 6.07) is 10.5. The molecule has 1 aliphatic heterocycles. The van der Waals surface area contributed by atoms with Crippen LogP contribution in [-0.2, 0) is 54.3 Å². The summed E-state index contributed by atoms with van der Waals surface area (Å²) in [6.45, 7) is 8.88. The molecule has 0 saturated carbocycles. The molecule has 2 aromatic carbocycles. The Balaban J connectivity index is 1.11. The molecule has 2 heterocycles. The molecule has 23 heteroatoms. The summed E-state index contributed by atoms with van der Waals surface area (Å²) < 4.78 is 53.2. The largest absolute Gasteiger partial charge is 0.387 e. The van der Waals surface area contributed by atoms with Crippen molar-refractivity contribution < 1.29 is 61.6 Å².